The molecular weight excluding hydrogens is 286 g/mol. The molecule has 122 valence electrons. The van der Waals surface area contributed by atoms with Crippen molar-refractivity contribution in [2.24, 2.45) is 0 Å². The van der Waals surface area contributed by atoms with Gasteiger partial charge in [0.25, 0.3) is 5.91 Å². The van der Waals surface area contributed by atoms with E-state index >= 15 is 0 Å². The third kappa shape index (κ3) is 5.75. The number of nitrogens with zero attached hydrogens (tertiary/aromatic N) is 1. The molecule has 23 heavy (non-hydrogen) atoms. The highest BCUT2D eigenvalue weighted by molar-refractivity contribution is 6.04. The van der Waals surface area contributed by atoms with Crippen molar-refractivity contribution in [1.29, 1.82) is 0 Å². The van der Waals surface area contributed by atoms with Crippen molar-refractivity contribution in [1.82, 2.24) is 4.90 Å². The van der Waals surface area contributed by atoms with E-state index in [1.807, 2.05) is 55.5 Å². The fourth-order valence-corrected chi connectivity index (χ4v) is 2.29. The minimum Gasteiger partial charge on any atom is -0.385 e. The SMILES string of the molecule is Cc1cccc(C(=O)Nc2ccc(NCCCN(C)C)cc2)c1. The number of benzene rings is 2. The molecular formula is C19H25N3O. The minimum atomic E-state index is -0.0830. The van der Waals surface area contributed by atoms with Crippen LogP contribution in [0.3, 0.4) is 0 Å². The number of aryl methyl sites for hydroxylation is 1. The molecule has 0 aromatic heterocycles. The third-order valence-corrected chi connectivity index (χ3v) is 3.53. The van der Waals surface area contributed by atoms with Gasteiger partial charge in [-0.1, -0.05) is 17.7 Å². The molecule has 0 aliphatic carbocycles. The van der Waals surface area contributed by atoms with E-state index in [-0.39, 0.29) is 5.91 Å². The predicted octanol–water partition coefficient (Wildman–Crippen LogP) is 3.61. The monoisotopic (exact) mass is 311 g/mol. The number of hydrogen-bond acceptors (Lipinski definition) is 3. The normalized spacial score (nSPS) is 10.6. The molecule has 0 aliphatic rings. The Hall–Kier alpha value is -2.33. The van der Waals surface area contributed by atoms with Gasteiger partial charge >= 0.3 is 0 Å². The zero-order valence-corrected chi connectivity index (χ0v) is 14.1. The van der Waals surface area contributed by atoms with E-state index in [1.165, 1.54) is 0 Å². The van der Waals surface area contributed by atoms with Gasteiger partial charge in [-0.25, -0.2) is 0 Å². The third-order valence-electron chi connectivity index (χ3n) is 3.53. The van der Waals surface area contributed by atoms with Gasteiger partial charge in [-0.3, -0.25) is 4.79 Å². The Bertz CT molecular complexity index is 635. The Kier molecular flexibility index (Phi) is 6.18. The number of amides is 1. The summed E-state index contributed by atoms with van der Waals surface area (Å²) >= 11 is 0. The molecule has 2 aromatic rings. The van der Waals surface area contributed by atoms with Crippen LogP contribution < -0.4 is 10.6 Å². The van der Waals surface area contributed by atoms with E-state index in [2.05, 4.69) is 29.6 Å². The van der Waals surface area contributed by atoms with Crippen LogP contribution in [0.5, 0.6) is 0 Å². The fourth-order valence-electron chi connectivity index (χ4n) is 2.29. The molecule has 2 aromatic carbocycles. The molecule has 4 nitrogen and oxygen atoms in total. The molecule has 0 saturated carbocycles. The molecule has 0 radical (unpaired) electrons. The zero-order chi connectivity index (χ0) is 16.7. The lowest BCUT2D eigenvalue weighted by atomic mass is 10.1. The van der Waals surface area contributed by atoms with E-state index in [0.29, 0.717) is 5.56 Å². The summed E-state index contributed by atoms with van der Waals surface area (Å²) in [6.07, 6.45) is 1.10. The van der Waals surface area contributed by atoms with Crippen molar-refractivity contribution in [3.05, 3.63) is 59.7 Å². The highest BCUT2D eigenvalue weighted by Gasteiger charge is 2.05. The maximum absolute atomic E-state index is 12.2. The summed E-state index contributed by atoms with van der Waals surface area (Å²) in [6.45, 7) is 3.98. The summed E-state index contributed by atoms with van der Waals surface area (Å²) in [5.41, 5.74) is 3.62. The molecule has 4 heteroatoms. The van der Waals surface area contributed by atoms with Gasteiger partial charge in [0.2, 0.25) is 0 Å². The number of anilines is 2. The first-order valence-corrected chi connectivity index (χ1v) is 7.91. The molecule has 0 unspecified atom stereocenters. The number of hydrogen-bond donors (Lipinski definition) is 2. The predicted molar refractivity (Wildman–Crippen MR) is 97.2 cm³/mol. The van der Waals surface area contributed by atoms with Crippen LogP contribution in [0.4, 0.5) is 11.4 Å². The van der Waals surface area contributed by atoms with Crippen molar-refractivity contribution in [2.75, 3.05) is 37.8 Å². The maximum Gasteiger partial charge on any atom is 0.255 e. The van der Waals surface area contributed by atoms with E-state index in [4.69, 9.17) is 0 Å². The van der Waals surface area contributed by atoms with Crippen molar-refractivity contribution in [3.8, 4) is 0 Å². The van der Waals surface area contributed by atoms with Gasteiger partial charge in [0.15, 0.2) is 0 Å². The molecule has 1 amide bonds. The molecule has 0 heterocycles. The van der Waals surface area contributed by atoms with Crippen molar-refractivity contribution in [3.63, 3.8) is 0 Å². The van der Waals surface area contributed by atoms with E-state index in [0.717, 1.165) is 36.4 Å². The standard InChI is InChI=1S/C19H25N3O/c1-15-6-4-7-16(14-15)19(23)21-18-10-8-17(9-11-18)20-12-5-13-22(2)3/h4,6-11,14,20H,5,12-13H2,1-3H3,(H,21,23). The Morgan fingerprint density at radius 1 is 1.04 bits per heavy atom. The van der Waals surface area contributed by atoms with E-state index in [9.17, 15) is 4.79 Å². The van der Waals surface area contributed by atoms with Crippen LogP contribution in [-0.4, -0.2) is 38.0 Å². The first-order chi connectivity index (χ1) is 11.0. The summed E-state index contributed by atoms with van der Waals surface area (Å²) in [6, 6.07) is 15.4. The van der Waals surface area contributed by atoms with E-state index < -0.39 is 0 Å². The number of carbonyl (C=O) groups excluding carboxylic acids is 1. The molecule has 0 aliphatic heterocycles. The smallest absolute Gasteiger partial charge is 0.255 e. The second kappa shape index (κ2) is 8.34. The lowest BCUT2D eigenvalue weighted by Gasteiger charge is -2.11. The molecule has 0 fully saturated rings. The van der Waals surface area contributed by atoms with Crippen LogP contribution in [-0.2, 0) is 0 Å². The van der Waals surface area contributed by atoms with Crippen LogP contribution in [0, 0.1) is 6.92 Å². The van der Waals surface area contributed by atoms with Gasteiger partial charge in [-0.2, -0.15) is 0 Å². The first-order valence-electron chi connectivity index (χ1n) is 7.91. The Morgan fingerprint density at radius 2 is 1.74 bits per heavy atom. The highest BCUT2D eigenvalue weighted by atomic mass is 16.1. The minimum absolute atomic E-state index is 0.0830. The fraction of sp³-hybridized carbons (Fsp3) is 0.316. The summed E-state index contributed by atoms with van der Waals surface area (Å²) in [5.74, 6) is -0.0830. The Labute approximate surface area is 138 Å². The Balaban J connectivity index is 1.86. The largest absolute Gasteiger partial charge is 0.385 e. The average Bonchev–Trinajstić information content (AvgIpc) is 2.53. The molecule has 2 rings (SSSR count). The van der Waals surface area contributed by atoms with Gasteiger partial charge in [0.05, 0.1) is 0 Å². The van der Waals surface area contributed by atoms with Crippen LogP contribution in [0.1, 0.15) is 22.3 Å². The second-order valence-electron chi connectivity index (χ2n) is 5.98. The number of rotatable bonds is 7. The van der Waals surface area contributed by atoms with Gasteiger partial charge in [-0.05, 0) is 70.4 Å². The van der Waals surface area contributed by atoms with Crippen LogP contribution in [0.15, 0.2) is 48.5 Å². The maximum atomic E-state index is 12.2. The molecule has 0 bridgehead atoms. The van der Waals surface area contributed by atoms with Gasteiger partial charge in [0, 0.05) is 23.5 Å². The van der Waals surface area contributed by atoms with Gasteiger partial charge in [0.1, 0.15) is 0 Å². The summed E-state index contributed by atoms with van der Waals surface area (Å²) in [4.78, 5) is 14.4. The number of carbonyl (C=O) groups is 1. The average molecular weight is 311 g/mol. The lowest BCUT2D eigenvalue weighted by molar-refractivity contribution is 0.102. The summed E-state index contributed by atoms with van der Waals surface area (Å²) in [7, 11) is 4.15. The first kappa shape index (κ1) is 17.0. The molecule has 0 atom stereocenters. The van der Waals surface area contributed by atoms with Crippen molar-refractivity contribution < 1.29 is 4.79 Å². The van der Waals surface area contributed by atoms with Crippen LogP contribution in [0.25, 0.3) is 0 Å². The summed E-state index contributed by atoms with van der Waals surface area (Å²) < 4.78 is 0. The van der Waals surface area contributed by atoms with Crippen LogP contribution >= 0.6 is 0 Å². The molecule has 0 spiro atoms. The van der Waals surface area contributed by atoms with Crippen molar-refractivity contribution >= 4 is 17.3 Å². The second-order valence-corrected chi connectivity index (χ2v) is 5.98. The zero-order valence-electron chi connectivity index (χ0n) is 14.1. The number of nitrogens with one attached hydrogen (secondary N) is 2. The van der Waals surface area contributed by atoms with Crippen molar-refractivity contribution in [2.45, 2.75) is 13.3 Å². The lowest BCUT2D eigenvalue weighted by Crippen LogP contribution is -2.16. The Morgan fingerprint density at radius 3 is 2.39 bits per heavy atom. The summed E-state index contributed by atoms with van der Waals surface area (Å²) in [5, 5.41) is 6.30. The van der Waals surface area contributed by atoms with Crippen LogP contribution in [0.2, 0.25) is 0 Å². The van der Waals surface area contributed by atoms with Gasteiger partial charge < -0.3 is 15.5 Å². The molecule has 2 N–H and O–H groups in total. The topological polar surface area (TPSA) is 44.4 Å². The molecule has 0 saturated heterocycles. The van der Waals surface area contributed by atoms with E-state index in [1.54, 1.807) is 0 Å². The van der Waals surface area contributed by atoms with Gasteiger partial charge in [-0.15, -0.1) is 0 Å². The quantitative estimate of drug-likeness (QED) is 0.768. The highest BCUT2D eigenvalue weighted by Crippen LogP contribution is 2.15.